The summed E-state index contributed by atoms with van der Waals surface area (Å²) in [6.45, 7) is 4.42. The van der Waals surface area contributed by atoms with E-state index in [0.717, 1.165) is 22.3 Å². The van der Waals surface area contributed by atoms with Crippen molar-refractivity contribution in [2.75, 3.05) is 7.05 Å². The molecule has 0 saturated carbocycles. The van der Waals surface area contributed by atoms with Crippen molar-refractivity contribution in [3.63, 3.8) is 0 Å². The third kappa shape index (κ3) is 5.19. The average Bonchev–Trinajstić information content (AvgIpc) is 3.37. The number of likely N-dealkylation sites (N-methyl/N-ethyl adjacent to an activating group) is 1. The molecule has 0 saturated heterocycles. The summed E-state index contributed by atoms with van der Waals surface area (Å²) in [6, 6.07) is 6.22. The largest absolute Gasteiger partial charge is 0.357 e. The molecule has 0 radical (unpaired) electrons. The zero-order valence-corrected chi connectivity index (χ0v) is 19.7. The van der Waals surface area contributed by atoms with E-state index in [1.807, 2.05) is 26.0 Å². The zero-order valence-electron chi connectivity index (χ0n) is 18.8. The highest BCUT2D eigenvalue weighted by Crippen LogP contribution is 2.33. The highest BCUT2D eigenvalue weighted by Gasteiger charge is 2.38. The van der Waals surface area contributed by atoms with E-state index in [4.69, 9.17) is 0 Å². The van der Waals surface area contributed by atoms with Gasteiger partial charge in [-0.2, -0.15) is 0 Å². The molecule has 3 rings (SSSR count). The number of fused-ring (bicyclic) bond motifs is 1. The van der Waals surface area contributed by atoms with Crippen LogP contribution >= 0.6 is 11.3 Å². The molecule has 174 valence electrons. The summed E-state index contributed by atoms with van der Waals surface area (Å²) in [5, 5.41) is 6.89. The van der Waals surface area contributed by atoms with E-state index >= 15 is 0 Å². The van der Waals surface area contributed by atoms with Crippen LogP contribution in [0.2, 0.25) is 0 Å². The van der Waals surface area contributed by atoms with Crippen LogP contribution in [-0.2, 0) is 27.5 Å². The Balaban J connectivity index is 1.67. The van der Waals surface area contributed by atoms with Crippen LogP contribution in [0.4, 0.5) is 0 Å². The van der Waals surface area contributed by atoms with Gasteiger partial charge in [-0.1, -0.05) is 38.1 Å². The van der Waals surface area contributed by atoms with Crippen LogP contribution in [0.1, 0.15) is 69.3 Å². The number of Topliss-reactive ketones (excluding diaryl/α,β-unsaturated/α-hetero) is 1. The molecular formula is C24H27N3O5S. The molecule has 1 aliphatic rings. The fourth-order valence-electron chi connectivity index (χ4n) is 3.78. The topological polar surface area (TPSA) is 113 Å². The minimum atomic E-state index is -0.747. The molecule has 9 heteroatoms. The molecular weight excluding hydrogens is 442 g/mol. The second kappa shape index (κ2) is 10.5. The van der Waals surface area contributed by atoms with Crippen LogP contribution in [0.5, 0.6) is 0 Å². The van der Waals surface area contributed by atoms with Gasteiger partial charge >= 0.3 is 0 Å². The Morgan fingerprint density at radius 2 is 1.88 bits per heavy atom. The number of hydrogen-bond acceptors (Lipinski definition) is 6. The van der Waals surface area contributed by atoms with Gasteiger partial charge in [0.05, 0.1) is 12.1 Å². The Hall–Kier alpha value is -3.33. The summed E-state index contributed by atoms with van der Waals surface area (Å²) >= 11 is 1.33. The summed E-state index contributed by atoms with van der Waals surface area (Å²) in [6.07, 6.45) is 1.12. The first-order valence-corrected chi connectivity index (χ1v) is 11.6. The van der Waals surface area contributed by atoms with Gasteiger partial charge in [-0.25, -0.2) is 0 Å². The number of rotatable bonds is 10. The molecule has 2 N–H and O–H groups in total. The first-order chi connectivity index (χ1) is 15.8. The zero-order chi connectivity index (χ0) is 24.1. The minimum Gasteiger partial charge on any atom is -0.357 e. The second-order valence-electron chi connectivity index (χ2n) is 8.15. The lowest BCUT2D eigenvalue weighted by Gasteiger charge is -2.26. The molecule has 3 amide bonds. The summed E-state index contributed by atoms with van der Waals surface area (Å²) in [7, 11) is 1.49. The molecule has 33 heavy (non-hydrogen) atoms. The van der Waals surface area contributed by atoms with Gasteiger partial charge in [-0.15, -0.1) is 11.3 Å². The molecule has 0 fully saturated rings. The van der Waals surface area contributed by atoms with Gasteiger partial charge in [-0.3, -0.25) is 19.2 Å². The van der Waals surface area contributed by atoms with E-state index in [0.29, 0.717) is 17.0 Å². The van der Waals surface area contributed by atoms with Gasteiger partial charge in [0.1, 0.15) is 12.3 Å². The van der Waals surface area contributed by atoms with Crippen molar-refractivity contribution < 1.29 is 24.0 Å². The Morgan fingerprint density at radius 1 is 1.18 bits per heavy atom. The number of hydrogen-bond donors (Lipinski definition) is 2. The maximum atomic E-state index is 12.9. The first kappa shape index (κ1) is 24.3. The molecule has 8 nitrogen and oxygen atoms in total. The van der Waals surface area contributed by atoms with Crippen molar-refractivity contribution in [1.29, 1.82) is 0 Å². The van der Waals surface area contributed by atoms with E-state index in [1.54, 1.807) is 17.5 Å². The highest BCUT2D eigenvalue weighted by atomic mass is 32.1. The fourth-order valence-corrected chi connectivity index (χ4v) is 4.76. The maximum absolute atomic E-state index is 12.9. The van der Waals surface area contributed by atoms with E-state index in [-0.39, 0.29) is 37.7 Å². The molecule has 0 aliphatic carbocycles. The van der Waals surface area contributed by atoms with E-state index < -0.39 is 17.7 Å². The quantitative estimate of drug-likeness (QED) is 0.315. The number of aldehydes is 1. The van der Waals surface area contributed by atoms with Crippen molar-refractivity contribution in [3.05, 3.63) is 56.8 Å². The number of thiophene rings is 1. The summed E-state index contributed by atoms with van der Waals surface area (Å²) in [4.78, 5) is 63.0. The third-order valence-electron chi connectivity index (χ3n) is 5.74. The minimum absolute atomic E-state index is 0.106. The maximum Gasteiger partial charge on any atom is 0.292 e. The van der Waals surface area contributed by atoms with Crippen LogP contribution in [0.15, 0.2) is 29.6 Å². The molecule has 1 unspecified atom stereocenters. The number of nitrogens with one attached hydrogen (secondary N) is 2. The Kier molecular flexibility index (Phi) is 7.75. The van der Waals surface area contributed by atoms with Crippen molar-refractivity contribution in [2.45, 2.75) is 51.7 Å². The third-order valence-corrected chi connectivity index (χ3v) is 6.77. The van der Waals surface area contributed by atoms with E-state index in [2.05, 4.69) is 10.6 Å². The predicted molar refractivity (Wildman–Crippen MR) is 124 cm³/mol. The monoisotopic (exact) mass is 469 g/mol. The average molecular weight is 470 g/mol. The number of amides is 3. The fraction of sp³-hybridized carbons (Fsp3) is 0.375. The van der Waals surface area contributed by atoms with Gasteiger partial charge in [0, 0.05) is 35.8 Å². The molecule has 0 spiro atoms. The summed E-state index contributed by atoms with van der Waals surface area (Å²) in [5.41, 5.74) is 2.62. The van der Waals surface area contributed by atoms with Gasteiger partial charge in [0.15, 0.2) is 0 Å². The van der Waals surface area contributed by atoms with Crippen LogP contribution in [0.3, 0.4) is 0 Å². The second-order valence-corrected chi connectivity index (χ2v) is 9.11. The normalized spacial score (nSPS) is 13.6. The van der Waals surface area contributed by atoms with Crippen molar-refractivity contribution in [1.82, 2.24) is 15.5 Å². The Morgan fingerprint density at radius 3 is 2.48 bits per heavy atom. The number of benzene rings is 1. The van der Waals surface area contributed by atoms with Crippen LogP contribution in [0.25, 0.3) is 0 Å². The molecule has 1 atom stereocenters. The lowest BCUT2D eigenvalue weighted by Crippen LogP contribution is -2.46. The van der Waals surface area contributed by atoms with Crippen LogP contribution < -0.4 is 10.6 Å². The smallest absolute Gasteiger partial charge is 0.292 e. The Bertz CT molecular complexity index is 1070. The number of carbonyl (C=O) groups is 5. The van der Waals surface area contributed by atoms with E-state index in [1.165, 1.54) is 23.3 Å². The molecule has 0 bridgehead atoms. The number of nitrogens with zero attached hydrogens (tertiary/aromatic N) is 1. The first-order valence-electron chi connectivity index (χ1n) is 10.8. The lowest BCUT2D eigenvalue weighted by atomic mass is 10.0. The van der Waals surface area contributed by atoms with E-state index in [9.17, 15) is 24.0 Å². The lowest BCUT2D eigenvalue weighted by molar-refractivity contribution is -0.125. The van der Waals surface area contributed by atoms with Crippen molar-refractivity contribution in [3.8, 4) is 0 Å². The molecule has 2 heterocycles. The van der Waals surface area contributed by atoms with Crippen LogP contribution in [0, 0.1) is 0 Å². The van der Waals surface area contributed by atoms with Crippen LogP contribution in [-0.4, -0.2) is 47.8 Å². The van der Waals surface area contributed by atoms with Gasteiger partial charge in [0.2, 0.25) is 11.7 Å². The number of carbonyl (C=O) groups excluding carboxylic acids is 5. The Labute approximate surface area is 196 Å². The summed E-state index contributed by atoms with van der Waals surface area (Å²) in [5.74, 6) is -1.62. The molecule has 1 aliphatic heterocycles. The highest BCUT2D eigenvalue weighted by molar-refractivity contribution is 7.10. The predicted octanol–water partition coefficient (Wildman–Crippen LogP) is 2.42. The number of ketones is 1. The molecule has 1 aromatic heterocycles. The molecule has 2 aromatic rings. The standard InChI is InChI=1S/C24H27N3O5S/c1-14(2)15-6-8-16(9-7-15)21(29)23(31)26-11-20-17-12-27(24(32)18(17)13-33-20)19(5-4-10-28)22(30)25-3/h6-10,13-14,19H,4-5,11-12H2,1-3H3,(H,25,30)(H,26,31). The van der Waals surface area contributed by atoms with Crippen molar-refractivity contribution in [2.24, 2.45) is 0 Å². The van der Waals surface area contributed by atoms with Gasteiger partial charge < -0.3 is 20.3 Å². The SMILES string of the molecule is CNC(=O)C(CCC=O)N1Cc2c(csc2CNC(=O)C(=O)c2ccc(C(C)C)cc2)C1=O. The molecule has 1 aromatic carbocycles. The van der Waals surface area contributed by atoms with Gasteiger partial charge in [-0.05, 0) is 23.5 Å². The van der Waals surface area contributed by atoms with Gasteiger partial charge in [0.25, 0.3) is 11.8 Å². The van der Waals surface area contributed by atoms with Crippen molar-refractivity contribution >= 4 is 41.1 Å². The summed E-state index contributed by atoms with van der Waals surface area (Å²) < 4.78 is 0.